The van der Waals surface area contributed by atoms with Gasteiger partial charge in [-0.3, -0.25) is 15.5 Å². The molecule has 0 saturated heterocycles. The van der Waals surface area contributed by atoms with Crippen LogP contribution >= 0.6 is 11.6 Å². The van der Waals surface area contributed by atoms with Gasteiger partial charge >= 0.3 is 12.2 Å². The van der Waals surface area contributed by atoms with E-state index in [4.69, 9.17) is 21.1 Å². The predicted octanol–water partition coefficient (Wildman–Crippen LogP) is 7.45. The van der Waals surface area contributed by atoms with Crippen molar-refractivity contribution in [2.24, 2.45) is 0 Å². The summed E-state index contributed by atoms with van der Waals surface area (Å²) in [6.45, 7) is 1.77. The zero-order chi connectivity index (χ0) is 30.6. The Balaban J connectivity index is 1.59. The molecule has 0 aliphatic heterocycles. The Hall–Kier alpha value is -4.37. The molecule has 4 aromatic carbocycles. The van der Waals surface area contributed by atoms with E-state index in [0.717, 1.165) is 28.7 Å². The van der Waals surface area contributed by atoms with Crippen molar-refractivity contribution >= 4 is 35.2 Å². The van der Waals surface area contributed by atoms with Crippen LogP contribution in [0.25, 0.3) is 0 Å². The molecule has 0 aliphatic carbocycles. The number of carbonyl (C=O) groups is 2. The smallest absolute Gasteiger partial charge is 0.411 e. The number of hydrogen-bond acceptors (Lipinski definition) is 6. The first-order valence-electron chi connectivity index (χ1n) is 13.9. The number of aliphatic hydroxyl groups is 1. The lowest BCUT2D eigenvalue weighted by atomic mass is 9.88. The van der Waals surface area contributed by atoms with Crippen molar-refractivity contribution in [2.45, 2.75) is 25.0 Å². The van der Waals surface area contributed by atoms with Gasteiger partial charge in [0.05, 0.1) is 20.3 Å². The quantitative estimate of drug-likeness (QED) is 0.156. The number of nitrogens with zero attached hydrogens (tertiary/aromatic N) is 1. The standard InChI is InChI=1S/C34H36ClN3O5/c1-42-33(40)36-29-15-11-25(12-16-29)31(26-13-17-30(18-14-26)37-34(41)43-2)19-20-38(22-24-7-4-3-5-8-24)23-32(39)27-9-6-10-28(35)21-27/h3-18,21,31-32,39H,19-20,22-23H2,1-2H3,(H,36,40)(H,37,41)/t32-/m0/s1. The van der Waals surface area contributed by atoms with Gasteiger partial charge in [-0.1, -0.05) is 78.3 Å². The van der Waals surface area contributed by atoms with Crippen molar-refractivity contribution in [1.29, 1.82) is 0 Å². The second kappa shape index (κ2) is 15.7. The summed E-state index contributed by atoms with van der Waals surface area (Å²) < 4.78 is 9.42. The monoisotopic (exact) mass is 601 g/mol. The van der Waals surface area contributed by atoms with E-state index >= 15 is 0 Å². The fraction of sp³-hybridized carbons (Fsp3) is 0.235. The number of rotatable bonds is 12. The first kappa shape index (κ1) is 31.6. The molecule has 2 amide bonds. The molecule has 224 valence electrons. The molecule has 43 heavy (non-hydrogen) atoms. The number of anilines is 2. The van der Waals surface area contributed by atoms with E-state index in [2.05, 4.69) is 27.7 Å². The predicted molar refractivity (Wildman–Crippen MR) is 170 cm³/mol. The molecular formula is C34H36ClN3O5. The molecule has 0 aliphatic rings. The minimum atomic E-state index is -0.715. The van der Waals surface area contributed by atoms with E-state index in [1.165, 1.54) is 14.2 Å². The Morgan fingerprint density at radius 3 is 1.84 bits per heavy atom. The summed E-state index contributed by atoms with van der Waals surface area (Å²) >= 11 is 6.20. The average molecular weight is 602 g/mol. The average Bonchev–Trinajstić information content (AvgIpc) is 3.02. The summed E-state index contributed by atoms with van der Waals surface area (Å²) in [5, 5.41) is 17.1. The largest absolute Gasteiger partial charge is 0.453 e. The molecule has 0 unspecified atom stereocenters. The highest BCUT2D eigenvalue weighted by Gasteiger charge is 2.20. The van der Waals surface area contributed by atoms with Gasteiger partial charge in [-0.2, -0.15) is 0 Å². The van der Waals surface area contributed by atoms with Gasteiger partial charge in [0.15, 0.2) is 0 Å². The van der Waals surface area contributed by atoms with E-state index in [0.29, 0.717) is 36.0 Å². The lowest BCUT2D eigenvalue weighted by molar-refractivity contribution is 0.107. The lowest BCUT2D eigenvalue weighted by Gasteiger charge is -2.28. The van der Waals surface area contributed by atoms with Crippen LogP contribution in [0.15, 0.2) is 103 Å². The van der Waals surface area contributed by atoms with Gasteiger partial charge in [-0.15, -0.1) is 0 Å². The molecule has 0 aromatic heterocycles. The van der Waals surface area contributed by atoms with E-state index in [1.807, 2.05) is 78.9 Å². The maximum atomic E-state index is 11.7. The van der Waals surface area contributed by atoms with Gasteiger partial charge < -0.3 is 14.6 Å². The zero-order valence-corrected chi connectivity index (χ0v) is 25.0. The summed E-state index contributed by atoms with van der Waals surface area (Å²) in [5.41, 5.74) is 5.28. The van der Waals surface area contributed by atoms with Crippen molar-refractivity contribution in [1.82, 2.24) is 4.90 Å². The van der Waals surface area contributed by atoms with Crippen molar-refractivity contribution < 1.29 is 24.2 Å². The molecule has 0 bridgehead atoms. The Morgan fingerprint density at radius 2 is 1.33 bits per heavy atom. The molecule has 0 heterocycles. The first-order chi connectivity index (χ1) is 20.8. The van der Waals surface area contributed by atoms with Crippen LogP contribution < -0.4 is 10.6 Å². The number of ether oxygens (including phenoxy) is 2. The number of methoxy groups -OCH3 is 2. The number of hydrogen-bond donors (Lipinski definition) is 3. The molecule has 0 radical (unpaired) electrons. The van der Waals surface area contributed by atoms with Gasteiger partial charge in [0.1, 0.15) is 0 Å². The fourth-order valence-electron chi connectivity index (χ4n) is 4.91. The highest BCUT2D eigenvalue weighted by molar-refractivity contribution is 6.30. The van der Waals surface area contributed by atoms with Crippen molar-refractivity contribution in [3.05, 3.63) is 130 Å². The summed E-state index contributed by atoms with van der Waals surface area (Å²) in [7, 11) is 2.64. The zero-order valence-electron chi connectivity index (χ0n) is 24.2. The maximum absolute atomic E-state index is 11.7. The molecule has 0 saturated carbocycles. The lowest BCUT2D eigenvalue weighted by Crippen LogP contribution is -2.30. The van der Waals surface area contributed by atoms with E-state index in [1.54, 1.807) is 12.1 Å². The molecule has 4 rings (SSSR count). The summed E-state index contributed by atoms with van der Waals surface area (Å²) in [6.07, 6.45) is -1.04. The normalized spacial score (nSPS) is 11.7. The highest BCUT2D eigenvalue weighted by Crippen LogP contribution is 2.31. The minimum Gasteiger partial charge on any atom is -0.453 e. The molecule has 8 nitrogen and oxygen atoms in total. The van der Waals surface area contributed by atoms with Gasteiger partial charge in [0.2, 0.25) is 0 Å². The van der Waals surface area contributed by atoms with Gasteiger partial charge in [-0.25, -0.2) is 9.59 Å². The SMILES string of the molecule is COC(=O)Nc1ccc(C(CCN(Cc2ccccc2)C[C@H](O)c2cccc(Cl)c2)c2ccc(NC(=O)OC)cc2)cc1. The summed E-state index contributed by atoms with van der Waals surface area (Å²) in [4.78, 5) is 25.6. The van der Waals surface area contributed by atoms with Crippen LogP contribution in [0.5, 0.6) is 0 Å². The van der Waals surface area contributed by atoms with E-state index < -0.39 is 18.3 Å². The topological polar surface area (TPSA) is 100 Å². The second-order valence-electron chi connectivity index (χ2n) is 10.1. The number of carbonyl (C=O) groups excluding carboxylic acids is 2. The Kier molecular flexibility index (Phi) is 11.6. The van der Waals surface area contributed by atoms with Crippen LogP contribution in [0.3, 0.4) is 0 Å². The van der Waals surface area contributed by atoms with Crippen LogP contribution in [-0.2, 0) is 16.0 Å². The highest BCUT2D eigenvalue weighted by atomic mass is 35.5. The summed E-state index contributed by atoms with van der Waals surface area (Å²) in [6, 6.07) is 32.8. The van der Waals surface area contributed by atoms with Crippen LogP contribution in [-0.4, -0.2) is 49.5 Å². The van der Waals surface area contributed by atoms with E-state index in [-0.39, 0.29) is 5.92 Å². The third-order valence-electron chi connectivity index (χ3n) is 7.14. The Morgan fingerprint density at radius 1 is 0.767 bits per heavy atom. The molecule has 1 atom stereocenters. The van der Waals surface area contributed by atoms with Gasteiger partial charge in [0.25, 0.3) is 0 Å². The molecule has 0 spiro atoms. The third kappa shape index (κ3) is 9.58. The number of aliphatic hydroxyl groups excluding tert-OH is 1. The number of nitrogens with one attached hydrogen (secondary N) is 2. The number of benzene rings is 4. The second-order valence-corrected chi connectivity index (χ2v) is 10.5. The number of halogens is 1. The number of amides is 2. The van der Waals surface area contributed by atoms with Crippen LogP contribution in [0, 0.1) is 0 Å². The summed E-state index contributed by atoms with van der Waals surface area (Å²) in [5.74, 6) is -0.0130. The molecule has 9 heteroatoms. The van der Waals surface area contributed by atoms with Crippen molar-refractivity contribution in [2.75, 3.05) is 37.9 Å². The molecule has 0 fully saturated rings. The molecule has 4 aromatic rings. The maximum Gasteiger partial charge on any atom is 0.411 e. The Bertz CT molecular complexity index is 1400. The minimum absolute atomic E-state index is 0.0130. The van der Waals surface area contributed by atoms with Crippen LogP contribution in [0.1, 0.15) is 40.7 Å². The third-order valence-corrected chi connectivity index (χ3v) is 7.37. The Labute approximate surface area is 257 Å². The van der Waals surface area contributed by atoms with Crippen molar-refractivity contribution in [3.8, 4) is 0 Å². The van der Waals surface area contributed by atoms with Gasteiger partial charge in [0, 0.05) is 35.4 Å². The first-order valence-corrected chi connectivity index (χ1v) is 14.3. The fourth-order valence-corrected chi connectivity index (χ4v) is 5.11. The molecule has 3 N–H and O–H groups in total. The van der Waals surface area contributed by atoms with Crippen LogP contribution in [0.4, 0.5) is 21.0 Å². The van der Waals surface area contributed by atoms with Crippen LogP contribution in [0.2, 0.25) is 5.02 Å². The van der Waals surface area contributed by atoms with Crippen molar-refractivity contribution in [3.63, 3.8) is 0 Å². The van der Waals surface area contributed by atoms with Gasteiger partial charge in [-0.05, 0) is 71.6 Å². The van der Waals surface area contributed by atoms with E-state index in [9.17, 15) is 14.7 Å². The molecular weight excluding hydrogens is 566 g/mol.